The van der Waals surface area contributed by atoms with Gasteiger partial charge in [0.25, 0.3) is 11.6 Å². The molecule has 0 aliphatic carbocycles. The van der Waals surface area contributed by atoms with Crippen molar-refractivity contribution >= 4 is 46.6 Å². The minimum atomic E-state index is -0.615. The molecule has 1 amide bonds. The number of nitrogens with one attached hydrogen (secondary N) is 1. The van der Waals surface area contributed by atoms with Gasteiger partial charge in [-0.1, -0.05) is 29.3 Å². The molecule has 0 aliphatic rings. The number of halogens is 2. The number of hydrogen-bond donors (Lipinski definition) is 1. The second kappa shape index (κ2) is 14.0. The summed E-state index contributed by atoms with van der Waals surface area (Å²) in [5.74, 6) is 0.810. The predicted octanol–water partition coefficient (Wildman–Crippen LogP) is 7.61. The first-order chi connectivity index (χ1) is 20.2. The predicted molar refractivity (Wildman–Crippen MR) is 160 cm³/mol. The molecule has 0 unspecified atom stereocenters. The van der Waals surface area contributed by atoms with Gasteiger partial charge in [-0.05, 0) is 72.3 Å². The Kier molecular flexibility index (Phi) is 10.0. The van der Waals surface area contributed by atoms with Crippen molar-refractivity contribution in [2.45, 2.75) is 13.2 Å². The molecule has 11 heteroatoms. The highest BCUT2D eigenvalue weighted by atomic mass is 35.5. The van der Waals surface area contributed by atoms with Crippen LogP contribution in [0.4, 0.5) is 11.4 Å². The summed E-state index contributed by atoms with van der Waals surface area (Å²) in [6, 6.07) is 24.7. The fourth-order valence-corrected chi connectivity index (χ4v) is 4.16. The van der Waals surface area contributed by atoms with E-state index in [1.165, 1.54) is 25.3 Å². The molecule has 4 aromatic carbocycles. The van der Waals surface area contributed by atoms with Gasteiger partial charge in [-0.15, -0.1) is 0 Å². The summed E-state index contributed by atoms with van der Waals surface area (Å²) < 4.78 is 17.0. The zero-order valence-corrected chi connectivity index (χ0v) is 23.7. The van der Waals surface area contributed by atoms with E-state index in [0.717, 1.165) is 5.56 Å². The fraction of sp³-hybridized carbons (Fsp3) is 0.0968. The highest BCUT2D eigenvalue weighted by molar-refractivity contribution is 6.35. The number of methoxy groups -OCH3 is 1. The SMILES string of the molecule is COc1ccc(/C=C(\C#N)C(=O)Nc2ccc(OCc3ccc(Cl)cc3Cl)cc2)c(OCc2ccc([N+](=O)[O-])cc2)c1. The Morgan fingerprint density at radius 3 is 2.31 bits per heavy atom. The third-order valence-electron chi connectivity index (χ3n) is 5.95. The average molecular weight is 604 g/mol. The number of non-ortho nitro benzene ring substituents is 1. The highest BCUT2D eigenvalue weighted by Gasteiger charge is 2.13. The van der Waals surface area contributed by atoms with Gasteiger partial charge in [-0.25, -0.2) is 0 Å². The maximum absolute atomic E-state index is 12.9. The van der Waals surface area contributed by atoms with Crippen molar-refractivity contribution in [3.05, 3.63) is 127 Å². The minimum Gasteiger partial charge on any atom is -0.497 e. The Morgan fingerprint density at radius 2 is 1.67 bits per heavy atom. The number of nitro groups is 1. The van der Waals surface area contributed by atoms with E-state index in [2.05, 4.69) is 5.32 Å². The van der Waals surface area contributed by atoms with Crippen LogP contribution in [0.25, 0.3) is 6.08 Å². The molecule has 0 atom stereocenters. The molecule has 0 radical (unpaired) electrons. The maximum Gasteiger partial charge on any atom is 0.269 e. The van der Waals surface area contributed by atoms with Gasteiger partial charge in [0.2, 0.25) is 0 Å². The third kappa shape index (κ3) is 8.01. The summed E-state index contributed by atoms with van der Waals surface area (Å²) in [6.45, 7) is 0.332. The number of carbonyl (C=O) groups is 1. The molecule has 0 saturated heterocycles. The number of nitro benzene ring substituents is 1. The number of hydrogen-bond acceptors (Lipinski definition) is 7. The van der Waals surface area contributed by atoms with Crippen LogP contribution in [0.1, 0.15) is 16.7 Å². The van der Waals surface area contributed by atoms with Crippen molar-refractivity contribution < 1.29 is 23.9 Å². The number of nitrogens with zero attached hydrogens (tertiary/aromatic N) is 2. The summed E-state index contributed by atoms with van der Waals surface area (Å²) in [5, 5.41) is 24.4. The molecule has 9 nitrogen and oxygen atoms in total. The normalized spacial score (nSPS) is 10.9. The Balaban J connectivity index is 1.43. The molecule has 0 saturated carbocycles. The maximum atomic E-state index is 12.9. The molecule has 0 bridgehead atoms. The molecule has 0 fully saturated rings. The van der Waals surface area contributed by atoms with Crippen LogP contribution >= 0.6 is 23.2 Å². The van der Waals surface area contributed by atoms with E-state index in [9.17, 15) is 20.2 Å². The zero-order chi connectivity index (χ0) is 30.1. The number of rotatable bonds is 11. The van der Waals surface area contributed by atoms with Gasteiger partial charge in [0.1, 0.15) is 42.1 Å². The van der Waals surface area contributed by atoms with E-state index >= 15 is 0 Å². The molecule has 0 heterocycles. The average Bonchev–Trinajstić information content (AvgIpc) is 2.99. The molecule has 0 spiro atoms. The van der Waals surface area contributed by atoms with Gasteiger partial charge >= 0.3 is 0 Å². The van der Waals surface area contributed by atoms with Gasteiger partial charge in [0, 0.05) is 45.1 Å². The molecule has 212 valence electrons. The van der Waals surface area contributed by atoms with Gasteiger partial charge in [0.15, 0.2) is 0 Å². The van der Waals surface area contributed by atoms with Crippen molar-refractivity contribution in [3.8, 4) is 23.3 Å². The molecule has 0 aromatic heterocycles. The van der Waals surface area contributed by atoms with Gasteiger partial charge < -0.3 is 19.5 Å². The quantitative estimate of drug-likeness (QED) is 0.0809. The number of amides is 1. The lowest BCUT2D eigenvalue weighted by Gasteiger charge is -2.12. The second-order valence-corrected chi connectivity index (χ2v) is 9.63. The van der Waals surface area contributed by atoms with Gasteiger partial charge in [-0.3, -0.25) is 14.9 Å². The summed E-state index contributed by atoms with van der Waals surface area (Å²) in [4.78, 5) is 23.3. The van der Waals surface area contributed by atoms with Crippen molar-refractivity contribution in [1.29, 1.82) is 5.26 Å². The van der Waals surface area contributed by atoms with Crippen molar-refractivity contribution in [1.82, 2.24) is 0 Å². The second-order valence-electron chi connectivity index (χ2n) is 8.79. The fourth-order valence-electron chi connectivity index (χ4n) is 3.70. The van der Waals surface area contributed by atoms with Crippen molar-refractivity contribution in [2.24, 2.45) is 0 Å². The highest BCUT2D eigenvalue weighted by Crippen LogP contribution is 2.29. The largest absolute Gasteiger partial charge is 0.497 e. The molecule has 42 heavy (non-hydrogen) atoms. The molecular formula is C31H23Cl2N3O6. The topological polar surface area (TPSA) is 124 Å². The van der Waals surface area contributed by atoms with E-state index in [0.29, 0.717) is 44.1 Å². The van der Waals surface area contributed by atoms with Crippen LogP contribution in [0.3, 0.4) is 0 Å². The molecular weight excluding hydrogens is 581 g/mol. The van der Waals surface area contributed by atoms with Crippen molar-refractivity contribution in [2.75, 3.05) is 12.4 Å². The van der Waals surface area contributed by atoms with Crippen molar-refractivity contribution in [3.63, 3.8) is 0 Å². The number of ether oxygens (including phenoxy) is 3. The summed E-state index contributed by atoms with van der Waals surface area (Å²) in [6.07, 6.45) is 1.41. The molecule has 0 aliphatic heterocycles. The van der Waals surface area contributed by atoms with Crippen LogP contribution in [-0.4, -0.2) is 17.9 Å². The van der Waals surface area contributed by atoms with Crippen LogP contribution in [0.15, 0.2) is 90.5 Å². The first-order valence-electron chi connectivity index (χ1n) is 12.4. The monoisotopic (exact) mass is 603 g/mol. The Labute approximate surface area is 251 Å². The molecule has 4 aromatic rings. The Bertz CT molecular complexity index is 1670. The number of benzene rings is 4. The van der Waals surface area contributed by atoms with E-state index in [4.69, 9.17) is 37.4 Å². The summed E-state index contributed by atoms with van der Waals surface area (Å²) in [7, 11) is 1.50. The van der Waals surface area contributed by atoms with Crippen LogP contribution in [0.2, 0.25) is 10.0 Å². The number of nitriles is 1. The first kappa shape index (κ1) is 29.9. The van der Waals surface area contributed by atoms with E-state index in [-0.39, 0.29) is 24.5 Å². The van der Waals surface area contributed by atoms with E-state index < -0.39 is 10.8 Å². The number of carbonyl (C=O) groups excluding carboxylic acids is 1. The summed E-state index contributed by atoms with van der Waals surface area (Å²) in [5.41, 5.74) is 2.21. The lowest BCUT2D eigenvalue weighted by atomic mass is 10.1. The van der Waals surface area contributed by atoms with Gasteiger partial charge in [0.05, 0.1) is 12.0 Å². The smallest absolute Gasteiger partial charge is 0.269 e. The Morgan fingerprint density at radius 1 is 0.952 bits per heavy atom. The third-order valence-corrected chi connectivity index (χ3v) is 6.54. The van der Waals surface area contributed by atoms with Crippen LogP contribution in [0.5, 0.6) is 17.2 Å². The van der Waals surface area contributed by atoms with Gasteiger partial charge in [-0.2, -0.15) is 5.26 Å². The zero-order valence-electron chi connectivity index (χ0n) is 22.2. The van der Waals surface area contributed by atoms with E-state index in [1.807, 2.05) is 6.07 Å². The van der Waals surface area contributed by atoms with Crippen LogP contribution in [-0.2, 0) is 18.0 Å². The van der Waals surface area contributed by atoms with Crippen LogP contribution in [0, 0.1) is 21.4 Å². The first-order valence-corrected chi connectivity index (χ1v) is 13.2. The summed E-state index contributed by atoms with van der Waals surface area (Å²) >= 11 is 12.1. The van der Waals surface area contributed by atoms with Crippen LogP contribution < -0.4 is 19.5 Å². The minimum absolute atomic E-state index is 0.0292. The lowest BCUT2D eigenvalue weighted by Crippen LogP contribution is -2.13. The van der Waals surface area contributed by atoms with E-state index in [1.54, 1.807) is 72.8 Å². The number of anilines is 1. The standard InChI is InChI=1S/C31H23Cl2N3O6/c1-40-28-11-5-21(30(16-28)42-18-20-2-9-26(10-3-20)36(38)39)14-23(17-34)31(37)35-25-7-12-27(13-8-25)41-19-22-4-6-24(32)15-29(22)33/h2-16H,18-19H2,1H3,(H,35,37)/b23-14+. The lowest BCUT2D eigenvalue weighted by molar-refractivity contribution is -0.384. The molecule has 1 N–H and O–H groups in total. The molecule has 4 rings (SSSR count). The Hall–Kier alpha value is -5.04.